The Balaban J connectivity index is 1.50. The number of anilines is 3. The van der Waals surface area contributed by atoms with E-state index in [0.717, 1.165) is 16.1 Å². The third kappa shape index (κ3) is 6.81. The number of ether oxygens (including phenoxy) is 3. The summed E-state index contributed by atoms with van der Waals surface area (Å²) in [7, 11) is -3.75. The SMILES string of the molecule is CCOc1cc2c(cc1OCC)C(=C(Nc1ccc(N(CC(=O)N3CCOCC3)S(C)(=O)=O)cc1)c1ccccc1)C(=O)N2. The van der Waals surface area contributed by atoms with Gasteiger partial charge in [-0.05, 0) is 49.7 Å². The molecule has 11 nitrogen and oxygen atoms in total. The number of fused-ring (bicyclic) bond motifs is 1. The van der Waals surface area contributed by atoms with E-state index in [1.807, 2.05) is 44.2 Å². The average Bonchev–Trinajstić information content (AvgIpc) is 3.33. The normalized spacial score (nSPS) is 15.7. The summed E-state index contributed by atoms with van der Waals surface area (Å²) in [4.78, 5) is 27.9. The fraction of sp³-hybridized carbons (Fsp3) is 0.312. The molecule has 0 bridgehead atoms. The predicted octanol–water partition coefficient (Wildman–Crippen LogP) is 4.04. The van der Waals surface area contributed by atoms with Crippen molar-refractivity contribution in [3.63, 3.8) is 0 Å². The molecule has 3 aromatic rings. The van der Waals surface area contributed by atoms with E-state index in [1.54, 1.807) is 41.3 Å². The van der Waals surface area contributed by atoms with Crippen LogP contribution in [0.15, 0.2) is 66.7 Å². The lowest BCUT2D eigenvalue weighted by molar-refractivity contribution is -0.133. The molecule has 5 rings (SSSR count). The van der Waals surface area contributed by atoms with Crippen molar-refractivity contribution in [3.05, 3.63) is 77.9 Å². The molecule has 2 heterocycles. The van der Waals surface area contributed by atoms with Crippen LogP contribution in [0.25, 0.3) is 11.3 Å². The first-order chi connectivity index (χ1) is 21.2. The zero-order valence-corrected chi connectivity index (χ0v) is 25.8. The van der Waals surface area contributed by atoms with E-state index in [9.17, 15) is 18.0 Å². The fourth-order valence-electron chi connectivity index (χ4n) is 5.14. The average molecular weight is 621 g/mol. The standard InChI is InChI=1S/C32H36N4O7S/c1-4-42-27-19-25-26(20-28(27)43-5-2)34-32(38)30(25)31(22-9-7-6-8-10-22)33-23-11-13-24(14-12-23)36(44(3,39)40)21-29(37)35-15-17-41-18-16-35/h6-14,19-20,33H,4-5,15-18,21H2,1-3H3,(H,34,38). The smallest absolute Gasteiger partial charge is 0.258 e. The number of carbonyl (C=O) groups is 2. The van der Waals surface area contributed by atoms with Crippen molar-refractivity contribution < 1.29 is 32.2 Å². The molecule has 0 atom stereocenters. The number of hydrogen-bond acceptors (Lipinski definition) is 8. The van der Waals surface area contributed by atoms with Gasteiger partial charge in [-0.2, -0.15) is 0 Å². The van der Waals surface area contributed by atoms with Gasteiger partial charge in [0.15, 0.2) is 11.5 Å². The summed E-state index contributed by atoms with van der Waals surface area (Å²) in [5.41, 5.74) is 3.99. The molecule has 2 amide bonds. The number of hydrogen-bond donors (Lipinski definition) is 2. The van der Waals surface area contributed by atoms with Gasteiger partial charge >= 0.3 is 0 Å². The van der Waals surface area contributed by atoms with Crippen LogP contribution in [0, 0.1) is 0 Å². The first-order valence-corrected chi connectivity index (χ1v) is 16.3. The summed E-state index contributed by atoms with van der Waals surface area (Å²) in [6.07, 6.45) is 1.08. The van der Waals surface area contributed by atoms with Crippen molar-refractivity contribution in [2.24, 2.45) is 0 Å². The van der Waals surface area contributed by atoms with Crippen LogP contribution in [0.3, 0.4) is 0 Å². The molecule has 2 N–H and O–H groups in total. The van der Waals surface area contributed by atoms with E-state index >= 15 is 0 Å². The molecule has 0 unspecified atom stereocenters. The molecule has 0 spiro atoms. The molecule has 2 aliphatic heterocycles. The van der Waals surface area contributed by atoms with Gasteiger partial charge in [-0.25, -0.2) is 8.42 Å². The topological polar surface area (TPSA) is 127 Å². The van der Waals surface area contributed by atoms with Crippen molar-refractivity contribution in [3.8, 4) is 11.5 Å². The molecule has 2 aliphatic rings. The van der Waals surface area contributed by atoms with Crippen LogP contribution in [0.4, 0.5) is 17.1 Å². The van der Waals surface area contributed by atoms with Crippen LogP contribution in [-0.2, 0) is 24.3 Å². The first kappa shape index (κ1) is 30.9. The molecule has 1 fully saturated rings. The lowest BCUT2D eigenvalue weighted by Crippen LogP contribution is -2.47. The van der Waals surface area contributed by atoms with Gasteiger partial charge in [0.1, 0.15) is 6.54 Å². The molecule has 0 saturated carbocycles. The maximum absolute atomic E-state index is 13.5. The quantitative estimate of drug-likeness (QED) is 0.308. The number of carbonyl (C=O) groups excluding carboxylic acids is 2. The molecule has 1 saturated heterocycles. The summed E-state index contributed by atoms with van der Waals surface area (Å²) in [5.74, 6) is 0.499. The second-order valence-corrected chi connectivity index (χ2v) is 12.1. The van der Waals surface area contributed by atoms with Crippen LogP contribution in [0.5, 0.6) is 11.5 Å². The van der Waals surface area contributed by atoms with Crippen LogP contribution >= 0.6 is 0 Å². The third-order valence-electron chi connectivity index (χ3n) is 7.21. The Labute approximate surface area is 257 Å². The Hall–Kier alpha value is -4.55. The Morgan fingerprint density at radius 1 is 0.977 bits per heavy atom. The largest absolute Gasteiger partial charge is 0.490 e. The third-order valence-corrected chi connectivity index (χ3v) is 8.35. The van der Waals surface area contributed by atoms with Gasteiger partial charge in [0.25, 0.3) is 5.91 Å². The zero-order chi connectivity index (χ0) is 31.3. The van der Waals surface area contributed by atoms with E-state index in [2.05, 4.69) is 10.6 Å². The van der Waals surface area contributed by atoms with E-state index in [-0.39, 0.29) is 18.4 Å². The van der Waals surface area contributed by atoms with Gasteiger partial charge in [0, 0.05) is 30.4 Å². The van der Waals surface area contributed by atoms with Crippen molar-refractivity contribution in [2.45, 2.75) is 13.8 Å². The summed E-state index contributed by atoms with van der Waals surface area (Å²) >= 11 is 0. The maximum atomic E-state index is 13.5. The van der Waals surface area contributed by atoms with Crippen molar-refractivity contribution >= 4 is 50.2 Å². The van der Waals surface area contributed by atoms with Crippen LogP contribution in [0.1, 0.15) is 25.0 Å². The van der Waals surface area contributed by atoms with Crippen LogP contribution in [0.2, 0.25) is 0 Å². The number of amides is 2. The van der Waals surface area contributed by atoms with Crippen molar-refractivity contribution in [1.82, 2.24) is 4.90 Å². The molecule has 12 heteroatoms. The number of morpholine rings is 1. The Bertz CT molecular complexity index is 1650. The van der Waals surface area contributed by atoms with Gasteiger partial charge in [-0.1, -0.05) is 30.3 Å². The van der Waals surface area contributed by atoms with Crippen LogP contribution < -0.4 is 24.4 Å². The van der Waals surface area contributed by atoms with E-state index < -0.39 is 10.0 Å². The zero-order valence-electron chi connectivity index (χ0n) is 25.0. The molecule has 0 aromatic heterocycles. The predicted molar refractivity (Wildman–Crippen MR) is 170 cm³/mol. The maximum Gasteiger partial charge on any atom is 0.258 e. The van der Waals surface area contributed by atoms with Crippen LogP contribution in [-0.4, -0.2) is 77.4 Å². The van der Waals surface area contributed by atoms with Gasteiger partial charge in [0.05, 0.1) is 55.3 Å². The highest BCUT2D eigenvalue weighted by Gasteiger charge is 2.31. The van der Waals surface area contributed by atoms with Gasteiger partial charge in [-0.15, -0.1) is 0 Å². The van der Waals surface area contributed by atoms with E-state index in [1.165, 1.54) is 0 Å². The highest BCUT2D eigenvalue weighted by Crippen LogP contribution is 2.43. The molecule has 44 heavy (non-hydrogen) atoms. The highest BCUT2D eigenvalue weighted by molar-refractivity contribution is 7.92. The lowest BCUT2D eigenvalue weighted by Gasteiger charge is -2.30. The minimum Gasteiger partial charge on any atom is -0.490 e. The number of benzene rings is 3. The molecule has 232 valence electrons. The Morgan fingerprint density at radius 3 is 2.23 bits per heavy atom. The molecule has 3 aromatic carbocycles. The Morgan fingerprint density at radius 2 is 1.61 bits per heavy atom. The summed E-state index contributed by atoms with van der Waals surface area (Å²) in [5, 5.41) is 6.33. The lowest BCUT2D eigenvalue weighted by atomic mass is 9.99. The molecule has 0 aliphatic carbocycles. The monoisotopic (exact) mass is 620 g/mol. The number of nitrogens with one attached hydrogen (secondary N) is 2. The van der Waals surface area contributed by atoms with Crippen molar-refractivity contribution in [2.75, 3.05) is 67.3 Å². The molecule has 0 radical (unpaired) electrons. The molecular weight excluding hydrogens is 584 g/mol. The summed E-state index contributed by atoms with van der Waals surface area (Å²) < 4.78 is 43.4. The number of rotatable bonds is 11. The van der Waals surface area contributed by atoms with Gasteiger partial charge in [0.2, 0.25) is 15.9 Å². The summed E-state index contributed by atoms with van der Waals surface area (Å²) in [6, 6.07) is 19.7. The second kappa shape index (κ2) is 13.4. The van der Waals surface area contributed by atoms with Crippen molar-refractivity contribution in [1.29, 1.82) is 0 Å². The number of nitrogens with zero attached hydrogens (tertiary/aromatic N) is 2. The molecular formula is C32H36N4O7S. The summed E-state index contributed by atoms with van der Waals surface area (Å²) in [6.45, 7) is 6.02. The van der Waals surface area contributed by atoms with Gasteiger partial charge < -0.3 is 29.7 Å². The second-order valence-electron chi connectivity index (χ2n) is 10.2. The highest BCUT2D eigenvalue weighted by atomic mass is 32.2. The fourth-order valence-corrected chi connectivity index (χ4v) is 5.99. The van der Waals surface area contributed by atoms with E-state index in [4.69, 9.17) is 14.2 Å². The number of sulfonamides is 1. The van der Waals surface area contributed by atoms with Gasteiger partial charge in [-0.3, -0.25) is 13.9 Å². The first-order valence-electron chi connectivity index (χ1n) is 14.4. The van der Waals surface area contributed by atoms with E-state index in [0.29, 0.717) is 84.9 Å². The Kier molecular flexibility index (Phi) is 9.40. The minimum atomic E-state index is -3.75. The minimum absolute atomic E-state index is 0.288.